The van der Waals surface area contributed by atoms with E-state index in [1.165, 1.54) is 12.3 Å². The van der Waals surface area contributed by atoms with E-state index >= 15 is 0 Å². The number of hydrogen-bond donors (Lipinski definition) is 2. The lowest BCUT2D eigenvalue weighted by Crippen LogP contribution is -1.97. The number of nitrogens with one attached hydrogen (secondary N) is 1. The van der Waals surface area contributed by atoms with Crippen LogP contribution in [0.4, 0.5) is 0 Å². The van der Waals surface area contributed by atoms with E-state index in [1.54, 1.807) is 28.8 Å². The highest BCUT2D eigenvalue weighted by molar-refractivity contribution is 5.87. The first-order valence-corrected chi connectivity index (χ1v) is 6.45. The van der Waals surface area contributed by atoms with Gasteiger partial charge >= 0.3 is 11.7 Å². The van der Waals surface area contributed by atoms with Gasteiger partial charge in [-0.3, -0.25) is 4.98 Å². The molecule has 0 atom stereocenters. The predicted octanol–water partition coefficient (Wildman–Crippen LogP) is 2.13. The van der Waals surface area contributed by atoms with Gasteiger partial charge in [0.15, 0.2) is 5.58 Å². The highest BCUT2D eigenvalue weighted by Gasteiger charge is 2.09. The van der Waals surface area contributed by atoms with Gasteiger partial charge in [0.2, 0.25) is 0 Å². The van der Waals surface area contributed by atoms with Crippen LogP contribution in [0, 0.1) is 0 Å². The number of H-pyrrole nitrogens is 1. The fraction of sp³-hybridized carbons (Fsp3) is 0. The lowest BCUT2D eigenvalue weighted by Gasteiger charge is -1.95. The number of carboxylic acid groups (broad SMARTS) is 1. The summed E-state index contributed by atoms with van der Waals surface area (Å²) in [7, 11) is 0. The maximum Gasteiger partial charge on any atom is 0.417 e. The van der Waals surface area contributed by atoms with Crippen LogP contribution in [0.1, 0.15) is 10.4 Å². The zero-order valence-electron chi connectivity index (χ0n) is 11.1. The Labute approximate surface area is 122 Å². The summed E-state index contributed by atoms with van der Waals surface area (Å²) in [5.41, 5.74) is 3.32. The summed E-state index contributed by atoms with van der Waals surface area (Å²) in [6, 6.07) is 8.41. The van der Waals surface area contributed by atoms with Crippen molar-refractivity contribution in [3.63, 3.8) is 0 Å². The quantitative estimate of drug-likeness (QED) is 0.590. The fourth-order valence-electron chi connectivity index (χ4n) is 2.36. The normalized spacial score (nSPS) is 11.3. The molecule has 1 aromatic carbocycles. The number of aromatic carboxylic acids is 1. The van der Waals surface area contributed by atoms with Crippen molar-refractivity contribution in [2.45, 2.75) is 0 Å². The van der Waals surface area contributed by atoms with Crippen LogP contribution in [0.5, 0.6) is 0 Å². The van der Waals surface area contributed by atoms with Crippen LogP contribution in [-0.2, 0) is 0 Å². The molecule has 0 fully saturated rings. The summed E-state index contributed by atoms with van der Waals surface area (Å²) in [5.74, 6) is -1.50. The monoisotopic (exact) mass is 295 g/mol. The van der Waals surface area contributed by atoms with Gasteiger partial charge in [-0.05, 0) is 24.3 Å². The van der Waals surface area contributed by atoms with Crippen LogP contribution < -0.4 is 5.76 Å². The van der Waals surface area contributed by atoms with E-state index in [-0.39, 0.29) is 5.56 Å². The van der Waals surface area contributed by atoms with Crippen LogP contribution in [-0.4, -0.2) is 25.4 Å². The van der Waals surface area contributed by atoms with Crippen LogP contribution >= 0.6 is 0 Å². The molecule has 2 N–H and O–H groups in total. The Morgan fingerprint density at radius 2 is 2.09 bits per heavy atom. The molecule has 0 amide bonds. The second-order valence-corrected chi connectivity index (χ2v) is 4.84. The Bertz CT molecular complexity index is 1090. The van der Waals surface area contributed by atoms with Gasteiger partial charge in [0, 0.05) is 18.0 Å². The highest BCUT2D eigenvalue weighted by Crippen LogP contribution is 2.23. The highest BCUT2D eigenvalue weighted by atomic mass is 16.4. The lowest BCUT2D eigenvalue weighted by atomic mass is 10.1. The molecule has 0 aliphatic rings. The van der Waals surface area contributed by atoms with Crippen LogP contribution in [0.25, 0.3) is 28.0 Å². The van der Waals surface area contributed by atoms with Crippen molar-refractivity contribution in [2.24, 2.45) is 0 Å². The summed E-state index contributed by atoms with van der Waals surface area (Å²) < 4.78 is 6.68. The Morgan fingerprint density at radius 3 is 2.91 bits per heavy atom. The predicted molar refractivity (Wildman–Crippen MR) is 78.0 cm³/mol. The zero-order chi connectivity index (χ0) is 15.3. The third-order valence-corrected chi connectivity index (χ3v) is 3.41. The summed E-state index contributed by atoms with van der Waals surface area (Å²) in [6.07, 6.45) is 3.23. The van der Waals surface area contributed by atoms with Crippen LogP contribution in [0.15, 0.2) is 51.9 Å². The fourth-order valence-corrected chi connectivity index (χ4v) is 2.36. The Balaban J connectivity index is 1.87. The minimum atomic E-state index is -0.993. The number of pyridine rings is 1. The molecule has 4 rings (SSSR count). The van der Waals surface area contributed by atoms with Crippen LogP contribution in [0.2, 0.25) is 0 Å². The third-order valence-electron chi connectivity index (χ3n) is 3.41. The van der Waals surface area contributed by atoms with Crippen molar-refractivity contribution >= 4 is 22.7 Å². The molecule has 3 heterocycles. The summed E-state index contributed by atoms with van der Waals surface area (Å²) in [5, 5.41) is 9.01. The SMILES string of the molecule is O=C(O)c1ccc2nc(-c3ccc4[nH]c(=O)oc4c3)cn2c1. The number of hydrogen-bond acceptors (Lipinski definition) is 4. The number of aromatic nitrogens is 3. The van der Waals surface area contributed by atoms with Gasteiger partial charge < -0.3 is 13.9 Å². The first-order valence-electron chi connectivity index (χ1n) is 6.45. The minimum Gasteiger partial charge on any atom is -0.478 e. The Kier molecular flexibility index (Phi) is 2.43. The number of rotatable bonds is 2. The van der Waals surface area contributed by atoms with Crippen molar-refractivity contribution in [1.82, 2.24) is 14.4 Å². The van der Waals surface area contributed by atoms with Gasteiger partial charge in [0.25, 0.3) is 0 Å². The summed E-state index contributed by atoms with van der Waals surface area (Å²) in [6.45, 7) is 0. The molecule has 0 unspecified atom stereocenters. The summed E-state index contributed by atoms with van der Waals surface area (Å²) in [4.78, 5) is 29.2. The Hall–Kier alpha value is -3.35. The average Bonchev–Trinajstić information content (AvgIpc) is 3.07. The van der Waals surface area contributed by atoms with Gasteiger partial charge in [-0.2, -0.15) is 0 Å². The number of fused-ring (bicyclic) bond motifs is 2. The number of carbonyl (C=O) groups is 1. The lowest BCUT2D eigenvalue weighted by molar-refractivity contribution is 0.0696. The largest absolute Gasteiger partial charge is 0.478 e. The number of carboxylic acids is 1. The number of imidazole rings is 1. The molecule has 4 aromatic rings. The Morgan fingerprint density at radius 1 is 1.23 bits per heavy atom. The third kappa shape index (κ3) is 1.87. The molecule has 0 saturated heterocycles. The van der Waals surface area contributed by atoms with Gasteiger partial charge in [-0.15, -0.1) is 0 Å². The van der Waals surface area contributed by atoms with Crippen molar-refractivity contribution < 1.29 is 14.3 Å². The van der Waals surface area contributed by atoms with Crippen molar-refractivity contribution in [2.75, 3.05) is 0 Å². The second-order valence-electron chi connectivity index (χ2n) is 4.84. The number of aromatic amines is 1. The molecule has 22 heavy (non-hydrogen) atoms. The van der Waals surface area contributed by atoms with E-state index in [9.17, 15) is 9.59 Å². The first kappa shape index (κ1) is 12.4. The first-order chi connectivity index (χ1) is 10.6. The van der Waals surface area contributed by atoms with E-state index in [0.29, 0.717) is 22.4 Å². The van der Waals surface area contributed by atoms with Crippen LogP contribution in [0.3, 0.4) is 0 Å². The van der Waals surface area contributed by atoms with Gasteiger partial charge in [-0.25, -0.2) is 14.6 Å². The molecule has 0 radical (unpaired) electrons. The zero-order valence-corrected chi connectivity index (χ0v) is 11.1. The topological polar surface area (TPSA) is 101 Å². The number of benzene rings is 1. The molecule has 0 aliphatic carbocycles. The molecule has 3 aromatic heterocycles. The molecule has 108 valence electrons. The number of nitrogens with zero attached hydrogens (tertiary/aromatic N) is 2. The molecule has 0 aliphatic heterocycles. The molecular weight excluding hydrogens is 286 g/mol. The van der Waals surface area contributed by atoms with Gasteiger partial charge in [-0.1, -0.05) is 6.07 Å². The number of oxazole rings is 1. The van der Waals surface area contributed by atoms with E-state index in [2.05, 4.69) is 9.97 Å². The van der Waals surface area contributed by atoms with Crippen molar-refractivity contribution in [3.05, 3.63) is 58.8 Å². The maximum atomic E-state index is 11.2. The molecule has 0 bridgehead atoms. The molecule has 7 nitrogen and oxygen atoms in total. The van der Waals surface area contributed by atoms with E-state index < -0.39 is 11.7 Å². The van der Waals surface area contributed by atoms with Gasteiger partial charge in [0.1, 0.15) is 5.65 Å². The molecular formula is C15H9N3O4. The van der Waals surface area contributed by atoms with E-state index in [4.69, 9.17) is 9.52 Å². The smallest absolute Gasteiger partial charge is 0.417 e. The van der Waals surface area contributed by atoms with Crippen molar-refractivity contribution in [1.29, 1.82) is 0 Å². The molecule has 0 spiro atoms. The molecule has 0 saturated carbocycles. The second kappa shape index (κ2) is 4.32. The average molecular weight is 295 g/mol. The van der Waals surface area contributed by atoms with Crippen molar-refractivity contribution in [3.8, 4) is 11.3 Å². The minimum absolute atomic E-state index is 0.184. The van der Waals surface area contributed by atoms with Gasteiger partial charge in [0.05, 0.1) is 16.8 Å². The van der Waals surface area contributed by atoms with E-state index in [0.717, 1.165) is 5.56 Å². The standard InChI is InChI=1S/C15H9N3O4/c19-14(20)9-2-4-13-16-11(7-18(13)6-9)8-1-3-10-12(5-8)22-15(21)17-10/h1-7H,(H,17,21)(H,19,20). The maximum absolute atomic E-state index is 11.2. The molecule has 7 heteroatoms. The summed E-state index contributed by atoms with van der Waals surface area (Å²) >= 11 is 0. The van der Waals surface area contributed by atoms with E-state index in [1.807, 2.05) is 6.07 Å².